The monoisotopic (exact) mass is 214 g/mol. The molecule has 4 heteroatoms. The van der Waals surface area contributed by atoms with Crippen LogP contribution in [0.25, 0.3) is 0 Å². The Hall–Kier alpha value is -2.20. The second-order valence-electron chi connectivity index (χ2n) is 3.49. The summed E-state index contributed by atoms with van der Waals surface area (Å²) in [5, 5.41) is 1.52. The minimum atomic E-state index is 0.494. The van der Waals surface area contributed by atoms with Gasteiger partial charge in [-0.2, -0.15) is 0 Å². The summed E-state index contributed by atoms with van der Waals surface area (Å²) < 4.78 is 0. The summed E-state index contributed by atoms with van der Waals surface area (Å²) in [4.78, 5) is 0. The molecular weight excluding hydrogens is 200 g/mol. The summed E-state index contributed by atoms with van der Waals surface area (Å²) in [7, 11) is 0. The Morgan fingerprint density at radius 3 is 2.19 bits per heavy atom. The Balaban J connectivity index is 2.42. The van der Waals surface area contributed by atoms with Crippen molar-refractivity contribution in [1.29, 1.82) is 0 Å². The van der Waals surface area contributed by atoms with Crippen molar-refractivity contribution in [2.75, 3.05) is 16.5 Å². The molecule has 16 heavy (non-hydrogen) atoms. The lowest BCUT2D eigenvalue weighted by molar-refractivity contribution is 1.09. The highest BCUT2D eigenvalue weighted by atomic mass is 15.4. The van der Waals surface area contributed by atoms with Crippen LogP contribution in [0.2, 0.25) is 0 Å². The van der Waals surface area contributed by atoms with E-state index in [0.29, 0.717) is 17.1 Å². The molecular formula is C12H14N4. The van der Waals surface area contributed by atoms with Gasteiger partial charge in [-0.1, -0.05) is 24.3 Å². The van der Waals surface area contributed by atoms with E-state index in [0.717, 1.165) is 5.69 Å². The van der Waals surface area contributed by atoms with Crippen molar-refractivity contribution in [1.82, 2.24) is 0 Å². The van der Waals surface area contributed by atoms with Gasteiger partial charge in [-0.3, -0.25) is 5.01 Å². The zero-order chi connectivity index (χ0) is 11.5. The summed E-state index contributed by atoms with van der Waals surface area (Å²) in [6.07, 6.45) is 0. The van der Waals surface area contributed by atoms with Crippen molar-refractivity contribution in [2.45, 2.75) is 0 Å². The molecule has 0 aliphatic heterocycles. The third kappa shape index (κ3) is 1.78. The van der Waals surface area contributed by atoms with Gasteiger partial charge in [0.15, 0.2) is 0 Å². The maximum Gasteiger partial charge on any atom is 0.0825 e. The number of anilines is 4. The third-order valence-electron chi connectivity index (χ3n) is 2.41. The lowest BCUT2D eigenvalue weighted by Crippen LogP contribution is -2.26. The molecule has 0 fully saturated rings. The van der Waals surface area contributed by atoms with E-state index in [1.54, 1.807) is 6.07 Å². The summed E-state index contributed by atoms with van der Waals surface area (Å²) >= 11 is 0. The molecule has 82 valence electrons. The lowest BCUT2D eigenvalue weighted by atomic mass is 10.2. The van der Waals surface area contributed by atoms with Gasteiger partial charge in [-0.15, -0.1) is 0 Å². The molecule has 2 rings (SSSR count). The van der Waals surface area contributed by atoms with Crippen LogP contribution in [0.1, 0.15) is 0 Å². The van der Waals surface area contributed by atoms with E-state index in [-0.39, 0.29) is 0 Å². The summed E-state index contributed by atoms with van der Waals surface area (Å²) in [5.41, 5.74) is 14.2. The predicted molar refractivity (Wildman–Crippen MR) is 68.0 cm³/mol. The molecule has 6 N–H and O–H groups in total. The van der Waals surface area contributed by atoms with Crippen molar-refractivity contribution in [3.8, 4) is 0 Å². The topological polar surface area (TPSA) is 81.3 Å². The number of nitrogens with zero attached hydrogens (tertiary/aromatic N) is 1. The van der Waals surface area contributed by atoms with E-state index in [2.05, 4.69) is 0 Å². The molecule has 0 aromatic heterocycles. The quantitative estimate of drug-likeness (QED) is 0.405. The van der Waals surface area contributed by atoms with E-state index in [4.69, 9.17) is 17.3 Å². The van der Waals surface area contributed by atoms with Gasteiger partial charge in [0.05, 0.1) is 22.7 Å². The average Bonchev–Trinajstić information content (AvgIpc) is 2.33. The number of hydrazine groups is 1. The molecule has 0 bridgehead atoms. The number of benzene rings is 2. The molecule has 0 saturated heterocycles. The standard InChI is InChI=1S/C12H14N4/c13-10-7-4-8-11(12(10)14)16(15)9-5-2-1-3-6-9/h1-8H,13-15H2. The van der Waals surface area contributed by atoms with Crippen LogP contribution in [-0.2, 0) is 0 Å². The summed E-state index contributed by atoms with van der Waals surface area (Å²) in [6, 6.07) is 15.0. The van der Waals surface area contributed by atoms with Gasteiger partial charge in [0, 0.05) is 0 Å². The molecule has 0 heterocycles. The fraction of sp³-hybridized carbons (Fsp3) is 0. The molecule has 0 aliphatic rings. The van der Waals surface area contributed by atoms with Crippen molar-refractivity contribution in [3.63, 3.8) is 0 Å². The van der Waals surface area contributed by atoms with Crippen LogP contribution >= 0.6 is 0 Å². The fourth-order valence-electron chi connectivity index (χ4n) is 1.51. The Bertz CT molecular complexity index is 482. The SMILES string of the molecule is Nc1cccc(N(N)c2ccccc2)c1N. The van der Waals surface area contributed by atoms with Gasteiger partial charge < -0.3 is 11.5 Å². The third-order valence-corrected chi connectivity index (χ3v) is 2.41. The van der Waals surface area contributed by atoms with Crippen LogP contribution in [0.3, 0.4) is 0 Å². The summed E-state index contributed by atoms with van der Waals surface area (Å²) in [5.74, 6) is 5.98. The smallest absolute Gasteiger partial charge is 0.0825 e. The van der Waals surface area contributed by atoms with E-state index < -0.39 is 0 Å². The molecule has 0 radical (unpaired) electrons. The van der Waals surface area contributed by atoms with Gasteiger partial charge in [-0.05, 0) is 24.3 Å². The minimum Gasteiger partial charge on any atom is -0.397 e. The molecule has 2 aromatic carbocycles. The fourth-order valence-corrected chi connectivity index (χ4v) is 1.51. The van der Waals surface area contributed by atoms with Gasteiger partial charge in [0.1, 0.15) is 0 Å². The van der Waals surface area contributed by atoms with Gasteiger partial charge in [0.25, 0.3) is 0 Å². The van der Waals surface area contributed by atoms with Gasteiger partial charge >= 0.3 is 0 Å². The molecule has 0 atom stereocenters. The van der Waals surface area contributed by atoms with E-state index in [1.807, 2.05) is 42.5 Å². The summed E-state index contributed by atoms with van der Waals surface area (Å²) in [6.45, 7) is 0. The van der Waals surface area contributed by atoms with Crippen LogP contribution in [0.4, 0.5) is 22.7 Å². The van der Waals surface area contributed by atoms with Crippen molar-refractivity contribution in [3.05, 3.63) is 48.5 Å². The first kappa shape index (κ1) is 10.3. The number of para-hydroxylation sites is 2. The number of hydrogen-bond donors (Lipinski definition) is 3. The second kappa shape index (κ2) is 4.12. The number of nitrogen functional groups attached to an aromatic ring is 2. The van der Waals surface area contributed by atoms with Crippen LogP contribution in [-0.4, -0.2) is 0 Å². The second-order valence-corrected chi connectivity index (χ2v) is 3.49. The van der Waals surface area contributed by atoms with Crippen LogP contribution in [0.5, 0.6) is 0 Å². The molecule has 0 amide bonds. The molecule has 0 saturated carbocycles. The molecule has 0 unspecified atom stereocenters. The highest BCUT2D eigenvalue weighted by Crippen LogP contribution is 2.30. The van der Waals surface area contributed by atoms with E-state index in [1.165, 1.54) is 5.01 Å². The highest BCUT2D eigenvalue weighted by molar-refractivity contribution is 5.82. The molecule has 0 spiro atoms. The zero-order valence-electron chi connectivity index (χ0n) is 8.80. The van der Waals surface area contributed by atoms with Crippen LogP contribution in [0.15, 0.2) is 48.5 Å². The van der Waals surface area contributed by atoms with Gasteiger partial charge in [-0.25, -0.2) is 5.84 Å². The van der Waals surface area contributed by atoms with Crippen molar-refractivity contribution < 1.29 is 0 Å². The lowest BCUT2D eigenvalue weighted by Gasteiger charge is -2.21. The first-order chi connectivity index (χ1) is 7.70. The van der Waals surface area contributed by atoms with E-state index in [9.17, 15) is 0 Å². The molecule has 2 aromatic rings. The average molecular weight is 214 g/mol. The predicted octanol–water partition coefficient (Wildman–Crippen LogP) is 1.86. The Labute approximate surface area is 94.2 Å². The first-order valence-corrected chi connectivity index (χ1v) is 4.94. The Morgan fingerprint density at radius 1 is 0.812 bits per heavy atom. The molecule has 4 nitrogen and oxygen atoms in total. The maximum absolute atomic E-state index is 5.98. The van der Waals surface area contributed by atoms with Crippen molar-refractivity contribution in [2.24, 2.45) is 5.84 Å². The number of hydrogen-bond acceptors (Lipinski definition) is 4. The van der Waals surface area contributed by atoms with Gasteiger partial charge in [0.2, 0.25) is 0 Å². The zero-order valence-corrected chi connectivity index (χ0v) is 8.80. The number of rotatable bonds is 2. The maximum atomic E-state index is 5.98. The van der Waals surface area contributed by atoms with Crippen LogP contribution in [0, 0.1) is 0 Å². The Morgan fingerprint density at radius 2 is 1.50 bits per heavy atom. The first-order valence-electron chi connectivity index (χ1n) is 4.94. The van der Waals surface area contributed by atoms with E-state index >= 15 is 0 Å². The Kier molecular flexibility index (Phi) is 2.66. The number of nitrogens with two attached hydrogens (primary N) is 3. The minimum absolute atomic E-state index is 0.494. The van der Waals surface area contributed by atoms with Crippen molar-refractivity contribution >= 4 is 22.7 Å². The largest absolute Gasteiger partial charge is 0.397 e. The normalized spacial score (nSPS) is 10.1. The highest BCUT2D eigenvalue weighted by Gasteiger charge is 2.09. The van der Waals surface area contributed by atoms with Crippen LogP contribution < -0.4 is 22.3 Å². The molecule has 0 aliphatic carbocycles.